The van der Waals surface area contributed by atoms with Gasteiger partial charge in [-0.25, -0.2) is 0 Å². The standard InChI is InChI=1S/C19H26O3/c1-5-6-7-8-9-10-17(20)12-11-16-13-15(2)19(22-4)18(14-16)21-3/h9-14H,5-8H2,1-4H3/b10-9-,12-11+. The van der Waals surface area contributed by atoms with Crippen molar-refractivity contribution in [1.29, 1.82) is 0 Å². The maximum Gasteiger partial charge on any atom is 0.178 e. The molecule has 1 rings (SSSR count). The van der Waals surface area contributed by atoms with Gasteiger partial charge >= 0.3 is 0 Å². The van der Waals surface area contributed by atoms with Crippen LogP contribution >= 0.6 is 0 Å². The zero-order valence-electron chi connectivity index (χ0n) is 14.0. The lowest BCUT2D eigenvalue weighted by atomic mass is 10.1. The Hall–Kier alpha value is -2.03. The minimum Gasteiger partial charge on any atom is -0.493 e. The van der Waals surface area contributed by atoms with Crippen LogP contribution in [0.4, 0.5) is 0 Å². The van der Waals surface area contributed by atoms with E-state index in [0.717, 1.165) is 29.7 Å². The Bertz CT molecular complexity index is 542. The fraction of sp³-hybridized carbons (Fsp3) is 0.421. The summed E-state index contributed by atoms with van der Waals surface area (Å²) in [5.41, 5.74) is 1.90. The maximum absolute atomic E-state index is 11.8. The SMILES string of the molecule is CCCCC/C=C\C(=O)/C=C/c1cc(C)c(OC)c(OC)c1. The van der Waals surface area contributed by atoms with Crippen molar-refractivity contribution in [2.75, 3.05) is 14.2 Å². The molecule has 1 aromatic rings. The first-order valence-electron chi connectivity index (χ1n) is 7.73. The summed E-state index contributed by atoms with van der Waals surface area (Å²) in [6, 6.07) is 3.83. The average molecular weight is 302 g/mol. The molecule has 0 radical (unpaired) electrons. The maximum atomic E-state index is 11.8. The third kappa shape index (κ3) is 5.76. The van der Waals surface area contributed by atoms with E-state index >= 15 is 0 Å². The minimum atomic E-state index is 0.00364. The predicted octanol–water partition coefficient (Wildman–Crippen LogP) is 4.73. The molecule has 0 unspecified atom stereocenters. The molecule has 0 bridgehead atoms. The Labute approximate surface area is 133 Å². The van der Waals surface area contributed by atoms with E-state index in [2.05, 4.69) is 6.92 Å². The number of ether oxygens (including phenoxy) is 2. The molecular formula is C19H26O3. The largest absolute Gasteiger partial charge is 0.493 e. The second kappa shape index (κ2) is 9.82. The van der Waals surface area contributed by atoms with Crippen LogP contribution in [0, 0.1) is 6.92 Å². The summed E-state index contributed by atoms with van der Waals surface area (Å²) < 4.78 is 10.6. The number of benzene rings is 1. The number of aryl methyl sites for hydroxylation is 1. The van der Waals surface area contributed by atoms with Crippen molar-refractivity contribution < 1.29 is 14.3 Å². The number of methoxy groups -OCH3 is 2. The lowest BCUT2D eigenvalue weighted by Crippen LogP contribution is -1.94. The molecule has 0 amide bonds. The molecule has 1 aromatic carbocycles. The number of hydrogen-bond acceptors (Lipinski definition) is 3. The summed E-state index contributed by atoms with van der Waals surface area (Å²) in [6.07, 6.45) is 11.5. The first kappa shape index (κ1) is 18.0. The molecule has 120 valence electrons. The van der Waals surface area contributed by atoms with E-state index in [1.807, 2.05) is 25.1 Å². The summed E-state index contributed by atoms with van der Waals surface area (Å²) in [6.45, 7) is 4.12. The van der Waals surface area contributed by atoms with E-state index in [-0.39, 0.29) is 5.78 Å². The van der Waals surface area contributed by atoms with Gasteiger partial charge < -0.3 is 9.47 Å². The molecule has 0 saturated carbocycles. The normalized spacial score (nSPS) is 11.3. The molecule has 0 atom stereocenters. The van der Waals surface area contributed by atoms with Crippen LogP contribution < -0.4 is 9.47 Å². The third-order valence-electron chi connectivity index (χ3n) is 3.38. The number of carbonyl (C=O) groups excluding carboxylic acids is 1. The van der Waals surface area contributed by atoms with Crippen LogP contribution in [0.2, 0.25) is 0 Å². The van der Waals surface area contributed by atoms with Gasteiger partial charge in [0.15, 0.2) is 17.3 Å². The topological polar surface area (TPSA) is 35.5 Å². The molecule has 0 N–H and O–H groups in total. The van der Waals surface area contributed by atoms with Gasteiger partial charge in [-0.05, 0) is 55.2 Å². The molecule has 3 heteroatoms. The van der Waals surface area contributed by atoms with Crippen molar-refractivity contribution in [3.63, 3.8) is 0 Å². The molecular weight excluding hydrogens is 276 g/mol. The van der Waals surface area contributed by atoms with Crippen LogP contribution in [-0.2, 0) is 4.79 Å². The molecule has 0 aromatic heterocycles. The summed E-state index contributed by atoms with van der Waals surface area (Å²) in [7, 11) is 3.22. The van der Waals surface area contributed by atoms with E-state index in [1.165, 1.54) is 12.8 Å². The Kier molecular flexibility index (Phi) is 8.05. The van der Waals surface area contributed by atoms with Gasteiger partial charge in [0.2, 0.25) is 0 Å². The quantitative estimate of drug-likeness (QED) is 0.488. The molecule has 0 fully saturated rings. The van der Waals surface area contributed by atoms with E-state index in [0.29, 0.717) is 5.75 Å². The Balaban J connectivity index is 2.69. The zero-order valence-corrected chi connectivity index (χ0v) is 14.0. The lowest BCUT2D eigenvalue weighted by Gasteiger charge is -2.11. The van der Waals surface area contributed by atoms with Crippen LogP contribution in [0.25, 0.3) is 6.08 Å². The van der Waals surface area contributed by atoms with Gasteiger partial charge in [0.05, 0.1) is 14.2 Å². The fourth-order valence-corrected chi connectivity index (χ4v) is 2.22. The fourth-order valence-electron chi connectivity index (χ4n) is 2.22. The molecule has 0 heterocycles. The van der Waals surface area contributed by atoms with E-state index in [1.54, 1.807) is 32.4 Å². The molecule has 0 aliphatic carbocycles. The number of hydrogen-bond donors (Lipinski definition) is 0. The van der Waals surface area contributed by atoms with Crippen LogP contribution in [0.15, 0.2) is 30.4 Å². The molecule has 0 saturated heterocycles. The Morgan fingerprint density at radius 2 is 1.91 bits per heavy atom. The van der Waals surface area contributed by atoms with Gasteiger partial charge in [-0.15, -0.1) is 0 Å². The highest BCUT2D eigenvalue weighted by atomic mass is 16.5. The lowest BCUT2D eigenvalue weighted by molar-refractivity contribution is -0.110. The minimum absolute atomic E-state index is 0.00364. The zero-order chi connectivity index (χ0) is 16.4. The van der Waals surface area contributed by atoms with Gasteiger partial charge in [0.25, 0.3) is 0 Å². The number of carbonyl (C=O) groups is 1. The van der Waals surface area contributed by atoms with Gasteiger partial charge in [0.1, 0.15) is 0 Å². The molecule has 22 heavy (non-hydrogen) atoms. The highest BCUT2D eigenvalue weighted by Gasteiger charge is 2.07. The van der Waals surface area contributed by atoms with Gasteiger partial charge in [-0.2, -0.15) is 0 Å². The van der Waals surface area contributed by atoms with Crippen LogP contribution in [0.5, 0.6) is 11.5 Å². The van der Waals surface area contributed by atoms with Crippen molar-refractivity contribution in [1.82, 2.24) is 0 Å². The highest BCUT2D eigenvalue weighted by Crippen LogP contribution is 2.32. The number of allylic oxidation sites excluding steroid dienone is 3. The van der Waals surface area contributed by atoms with E-state index in [4.69, 9.17) is 9.47 Å². The Morgan fingerprint density at radius 3 is 2.55 bits per heavy atom. The van der Waals surface area contributed by atoms with E-state index in [9.17, 15) is 4.79 Å². The van der Waals surface area contributed by atoms with Crippen LogP contribution in [0.1, 0.15) is 43.7 Å². The average Bonchev–Trinajstić information content (AvgIpc) is 2.52. The van der Waals surface area contributed by atoms with Gasteiger partial charge in [-0.3, -0.25) is 4.79 Å². The summed E-state index contributed by atoms with van der Waals surface area (Å²) in [5.74, 6) is 1.40. The van der Waals surface area contributed by atoms with Gasteiger partial charge in [-0.1, -0.05) is 31.9 Å². The summed E-state index contributed by atoms with van der Waals surface area (Å²) in [4.78, 5) is 11.8. The first-order chi connectivity index (χ1) is 10.6. The smallest absolute Gasteiger partial charge is 0.178 e. The van der Waals surface area contributed by atoms with Crippen molar-refractivity contribution in [3.05, 3.63) is 41.5 Å². The number of unbranched alkanes of at least 4 members (excludes halogenated alkanes) is 3. The number of ketones is 1. The second-order valence-corrected chi connectivity index (χ2v) is 5.21. The summed E-state index contributed by atoms with van der Waals surface area (Å²) >= 11 is 0. The number of rotatable bonds is 9. The van der Waals surface area contributed by atoms with Gasteiger partial charge in [0, 0.05) is 0 Å². The van der Waals surface area contributed by atoms with Crippen molar-refractivity contribution in [2.45, 2.75) is 39.5 Å². The summed E-state index contributed by atoms with van der Waals surface area (Å²) in [5, 5.41) is 0. The molecule has 0 aliphatic heterocycles. The second-order valence-electron chi connectivity index (χ2n) is 5.21. The van der Waals surface area contributed by atoms with Crippen molar-refractivity contribution >= 4 is 11.9 Å². The van der Waals surface area contributed by atoms with Crippen molar-refractivity contribution in [3.8, 4) is 11.5 Å². The molecule has 0 aliphatic rings. The molecule has 0 spiro atoms. The first-order valence-corrected chi connectivity index (χ1v) is 7.73. The Morgan fingerprint density at radius 1 is 1.14 bits per heavy atom. The predicted molar refractivity (Wildman–Crippen MR) is 91.6 cm³/mol. The monoisotopic (exact) mass is 302 g/mol. The van der Waals surface area contributed by atoms with Crippen LogP contribution in [0.3, 0.4) is 0 Å². The molecule has 3 nitrogen and oxygen atoms in total. The van der Waals surface area contributed by atoms with Crippen LogP contribution in [-0.4, -0.2) is 20.0 Å². The van der Waals surface area contributed by atoms with E-state index < -0.39 is 0 Å². The highest BCUT2D eigenvalue weighted by molar-refractivity contribution is 6.02. The third-order valence-corrected chi connectivity index (χ3v) is 3.38. The van der Waals surface area contributed by atoms with Crippen molar-refractivity contribution in [2.24, 2.45) is 0 Å².